The summed E-state index contributed by atoms with van der Waals surface area (Å²) in [5, 5.41) is 26.5. The summed E-state index contributed by atoms with van der Waals surface area (Å²) in [5.41, 5.74) is -1.81. The number of hydrogen-bond donors (Lipinski definition) is 1. The maximum atomic E-state index is 11.8. The van der Waals surface area contributed by atoms with Gasteiger partial charge in [-0.15, -0.1) is 0 Å². The SMILES string of the molecule is CC1CC(C(=O)OC(C)(C#N)C#N)C=CC1C(=O)O. The number of aliphatic carboxylic acids is 1. The van der Waals surface area contributed by atoms with Crippen LogP contribution in [0.15, 0.2) is 12.2 Å². The van der Waals surface area contributed by atoms with Crippen LogP contribution < -0.4 is 0 Å². The number of carboxylic acid groups (broad SMARTS) is 1. The summed E-state index contributed by atoms with van der Waals surface area (Å²) in [6.07, 6.45) is 3.24. The summed E-state index contributed by atoms with van der Waals surface area (Å²) < 4.78 is 4.86. The van der Waals surface area contributed by atoms with Gasteiger partial charge >= 0.3 is 11.9 Å². The Bertz CT molecular complexity index is 484. The van der Waals surface area contributed by atoms with Crippen LogP contribution in [0.5, 0.6) is 0 Å². The van der Waals surface area contributed by atoms with Crippen LogP contribution in [0.4, 0.5) is 0 Å². The predicted octanol–water partition coefficient (Wildman–Crippen LogP) is 1.25. The van der Waals surface area contributed by atoms with Crippen LogP contribution >= 0.6 is 0 Å². The third-order valence-electron chi connectivity index (χ3n) is 3.11. The fourth-order valence-corrected chi connectivity index (χ4v) is 1.92. The molecule has 0 saturated carbocycles. The Morgan fingerprint density at radius 2 is 1.95 bits per heavy atom. The van der Waals surface area contributed by atoms with Gasteiger partial charge < -0.3 is 9.84 Å². The van der Waals surface area contributed by atoms with E-state index >= 15 is 0 Å². The first-order valence-corrected chi connectivity index (χ1v) is 5.79. The summed E-state index contributed by atoms with van der Waals surface area (Å²) in [5.74, 6) is -3.07. The number of hydrogen-bond acceptors (Lipinski definition) is 5. The van der Waals surface area contributed by atoms with Crippen LogP contribution in [0.3, 0.4) is 0 Å². The number of nitrogens with zero attached hydrogens (tertiary/aromatic N) is 2. The van der Waals surface area contributed by atoms with Gasteiger partial charge in [-0.05, 0) is 12.3 Å². The molecule has 0 spiro atoms. The summed E-state index contributed by atoms with van der Waals surface area (Å²) in [6, 6.07) is 3.23. The molecule has 1 N–H and O–H groups in total. The zero-order valence-corrected chi connectivity index (χ0v) is 10.7. The summed E-state index contributed by atoms with van der Waals surface area (Å²) in [6.45, 7) is 2.94. The Kier molecular flexibility index (Phi) is 4.29. The van der Waals surface area contributed by atoms with E-state index in [2.05, 4.69) is 0 Å². The first-order valence-electron chi connectivity index (χ1n) is 5.79. The minimum atomic E-state index is -1.81. The fourth-order valence-electron chi connectivity index (χ4n) is 1.92. The molecule has 3 atom stereocenters. The Morgan fingerprint density at radius 1 is 1.37 bits per heavy atom. The third kappa shape index (κ3) is 3.32. The molecule has 1 rings (SSSR count). The Morgan fingerprint density at radius 3 is 2.37 bits per heavy atom. The number of esters is 1. The molecule has 0 amide bonds. The fraction of sp³-hybridized carbons (Fsp3) is 0.538. The Balaban J connectivity index is 2.78. The minimum absolute atomic E-state index is 0.213. The Labute approximate surface area is 110 Å². The van der Waals surface area contributed by atoms with E-state index in [9.17, 15) is 9.59 Å². The molecule has 19 heavy (non-hydrogen) atoms. The highest BCUT2D eigenvalue weighted by molar-refractivity contribution is 5.78. The van der Waals surface area contributed by atoms with Crippen molar-refractivity contribution >= 4 is 11.9 Å². The van der Waals surface area contributed by atoms with E-state index < -0.39 is 29.4 Å². The van der Waals surface area contributed by atoms with E-state index in [0.717, 1.165) is 0 Å². The number of rotatable bonds is 3. The highest BCUT2D eigenvalue weighted by Gasteiger charge is 2.35. The van der Waals surface area contributed by atoms with Crippen molar-refractivity contribution < 1.29 is 19.4 Å². The van der Waals surface area contributed by atoms with Crippen molar-refractivity contribution in [2.24, 2.45) is 17.8 Å². The molecule has 1 aliphatic carbocycles. The molecule has 0 bridgehead atoms. The van der Waals surface area contributed by atoms with E-state index in [1.165, 1.54) is 19.1 Å². The second-order valence-corrected chi connectivity index (χ2v) is 4.75. The molecule has 3 unspecified atom stereocenters. The van der Waals surface area contributed by atoms with Crippen molar-refractivity contribution in [3.05, 3.63) is 12.2 Å². The molecular weight excluding hydrogens is 248 g/mol. The third-order valence-corrected chi connectivity index (χ3v) is 3.11. The molecule has 0 aromatic heterocycles. The monoisotopic (exact) mass is 262 g/mol. The number of carbonyl (C=O) groups excluding carboxylic acids is 1. The molecule has 1 aliphatic rings. The smallest absolute Gasteiger partial charge is 0.315 e. The van der Waals surface area contributed by atoms with Crippen LogP contribution in [0.2, 0.25) is 0 Å². The maximum absolute atomic E-state index is 11.8. The molecule has 6 nitrogen and oxygen atoms in total. The molecule has 6 heteroatoms. The van der Waals surface area contributed by atoms with E-state index in [1.54, 1.807) is 19.1 Å². The average Bonchev–Trinajstić information content (AvgIpc) is 2.37. The lowest BCUT2D eigenvalue weighted by molar-refractivity contribution is -0.154. The van der Waals surface area contributed by atoms with Gasteiger partial charge in [0, 0.05) is 6.92 Å². The summed E-state index contributed by atoms with van der Waals surface area (Å²) in [4.78, 5) is 22.7. The van der Waals surface area contributed by atoms with E-state index in [0.29, 0.717) is 6.42 Å². The van der Waals surface area contributed by atoms with Crippen LogP contribution in [0, 0.1) is 40.4 Å². The maximum Gasteiger partial charge on any atom is 0.315 e. The van der Waals surface area contributed by atoms with Crippen molar-refractivity contribution in [1.82, 2.24) is 0 Å². The Hall–Kier alpha value is -2.34. The van der Waals surface area contributed by atoms with Gasteiger partial charge in [0.05, 0.1) is 11.8 Å². The quantitative estimate of drug-likeness (QED) is 0.605. The van der Waals surface area contributed by atoms with Gasteiger partial charge in [0.1, 0.15) is 12.1 Å². The zero-order valence-electron chi connectivity index (χ0n) is 10.7. The van der Waals surface area contributed by atoms with Crippen molar-refractivity contribution in [3.8, 4) is 12.1 Å². The van der Waals surface area contributed by atoms with Crippen molar-refractivity contribution in [3.63, 3.8) is 0 Å². The number of carbonyl (C=O) groups is 2. The van der Waals surface area contributed by atoms with Gasteiger partial charge in [-0.3, -0.25) is 9.59 Å². The van der Waals surface area contributed by atoms with Crippen LogP contribution in [-0.4, -0.2) is 22.6 Å². The first kappa shape index (κ1) is 14.7. The summed E-state index contributed by atoms with van der Waals surface area (Å²) >= 11 is 0. The molecule has 0 fully saturated rings. The van der Waals surface area contributed by atoms with Crippen molar-refractivity contribution in [2.75, 3.05) is 0 Å². The number of nitriles is 2. The molecule has 0 aromatic rings. The van der Waals surface area contributed by atoms with Gasteiger partial charge in [0.25, 0.3) is 5.60 Å². The first-order chi connectivity index (χ1) is 8.83. The standard InChI is InChI=1S/C13H14N2O4/c1-8-5-9(3-4-10(8)11(16)17)12(18)19-13(2,6-14)7-15/h3-4,8-10H,5H2,1-2H3,(H,16,17). The lowest BCUT2D eigenvalue weighted by Crippen LogP contribution is -2.34. The lowest BCUT2D eigenvalue weighted by Gasteiger charge is -2.26. The molecule has 0 aliphatic heterocycles. The zero-order chi connectivity index (χ0) is 14.6. The topological polar surface area (TPSA) is 111 Å². The molecule has 100 valence electrons. The molecule has 0 radical (unpaired) electrons. The van der Waals surface area contributed by atoms with E-state index in [-0.39, 0.29) is 5.92 Å². The van der Waals surface area contributed by atoms with E-state index in [4.69, 9.17) is 20.4 Å². The predicted molar refractivity (Wildman–Crippen MR) is 63.3 cm³/mol. The molecular formula is C13H14N2O4. The van der Waals surface area contributed by atoms with Gasteiger partial charge in [-0.2, -0.15) is 10.5 Å². The number of ether oxygens (including phenoxy) is 1. The average molecular weight is 262 g/mol. The largest absolute Gasteiger partial charge is 0.481 e. The summed E-state index contributed by atoms with van der Waals surface area (Å²) in [7, 11) is 0. The molecule has 0 heterocycles. The van der Waals surface area contributed by atoms with Crippen LogP contribution in [-0.2, 0) is 14.3 Å². The minimum Gasteiger partial charge on any atom is -0.481 e. The van der Waals surface area contributed by atoms with Gasteiger partial charge in [0.2, 0.25) is 0 Å². The lowest BCUT2D eigenvalue weighted by atomic mass is 9.80. The van der Waals surface area contributed by atoms with Gasteiger partial charge in [-0.1, -0.05) is 19.1 Å². The molecule has 0 aromatic carbocycles. The normalized spacial score (nSPS) is 26.0. The van der Waals surface area contributed by atoms with Crippen LogP contribution in [0.25, 0.3) is 0 Å². The van der Waals surface area contributed by atoms with Gasteiger partial charge in [0.15, 0.2) is 0 Å². The van der Waals surface area contributed by atoms with Gasteiger partial charge in [-0.25, -0.2) is 0 Å². The highest BCUT2D eigenvalue weighted by atomic mass is 16.6. The van der Waals surface area contributed by atoms with E-state index in [1.807, 2.05) is 0 Å². The van der Waals surface area contributed by atoms with Crippen molar-refractivity contribution in [1.29, 1.82) is 10.5 Å². The number of carboxylic acids is 1. The second-order valence-electron chi connectivity index (χ2n) is 4.75. The van der Waals surface area contributed by atoms with Crippen LogP contribution in [0.1, 0.15) is 20.3 Å². The molecule has 0 saturated heterocycles. The highest BCUT2D eigenvalue weighted by Crippen LogP contribution is 2.30. The second kappa shape index (κ2) is 5.53. The van der Waals surface area contributed by atoms with Crippen molar-refractivity contribution in [2.45, 2.75) is 25.9 Å².